The number of para-hydroxylation sites is 1. The minimum absolute atomic E-state index is 0. The van der Waals surface area contributed by atoms with Crippen molar-refractivity contribution < 1.29 is 8.42 Å². The lowest BCUT2D eigenvalue weighted by Gasteiger charge is -2.23. The number of rotatable bonds is 12. The Labute approximate surface area is 188 Å². The first-order valence-corrected chi connectivity index (χ1v) is 11.5. The van der Waals surface area contributed by atoms with Crippen LogP contribution in [-0.2, 0) is 10.0 Å². The van der Waals surface area contributed by atoms with E-state index in [1.807, 2.05) is 13.0 Å². The van der Waals surface area contributed by atoms with Crippen LogP contribution in [0, 0.1) is 0 Å². The van der Waals surface area contributed by atoms with Gasteiger partial charge in [-0.1, -0.05) is 25.1 Å². The van der Waals surface area contributed by atoms with Crippen LogP contribution in [0.4, 0.5) is 5.69 Å². The summed E-state index contributed by atoms with van der Waals surface area (Å²) in [4.78, 5) is 6.57. The molecule has 0 atom stereocenters. The molecule has 0 saturated carbocycles. The van der Waals surface area contributed by atoms with Gasteiger partial charge in [-0.2, -0.15) is 0 Å². The average molecular weight is 526 g/mol. The number of nitrogens with zero attached hydrogens (tertiary/aromatic N) is 3. The molecule has 28 heavy (non-hydrogen) atoms. The molecule has 0 aliphatic carbocycles. The number of guanidine groups is 1. The van der Waals surface area contributed by atoms with Crippen molar-refractivity contribution in [3.8, 4) is 0 Å². The van der Waals surface area contributed by atoms with Gasteiger partial charge in [0.15, 0.2) is 5.96 Å². The van der Waals surface area contributed by atoms with Crippen LogP contribution in [0.1, 0.15) is 26.7 Å². The van der Waals surface area contributed by atoms with Crippen LogP contribution in [0.5, 0.6) is 0 Å². The average Bonchev–Trinajstić information content (AvgIpc) is 2.66. The molecule has 0 saturated heterocycles. The second kappa shape index (κ2) is 14.9. The van der Waals surface area contributed by atoms with E-state index in [1.54, 1.807) is 7.05 Å². The summed E-state index contributed by atoms with van der Waals surface area (Å²) in [7, 11) is -1.37. The van der Waals surface area contributed by atoms with Gasteiger partial charge in [-0.25, -0.2) is 12.7 Å². The van der Waals surface area contributed by atoms with Crippen molar-refractivity contribution in [3.05, 3.63) is 30.3 Å². The van der Waals surface area contributed by atoms with E-state index >= 15 is 0 Å². The lowest BCUT2D eigenvalue weighted by molar-refractivity contribution is 0.424. The van der Waals surface area contributed by atoms with Gasteiger partial charge in [-0.3, -0.25) is 4.99 Å². The number of halogens is 1. The van der Waals surface area contributed by atoms with E-state index in [-0.39, 0.29) is 24.0 Å². The van der Waals surface area contributed by atoms with E-state index in [1.165, 1.54) is 16.2 Å². The zero-order valence-corrected chi connectivity index (χ0v) is 20.7. The van der Waals surface area contributed by atoms with Crippen molar-refractivity contribution in [3.63, 3.8) is 0 Å². The van der Waals surface area contributed by atoms with Gasteiger partial charge in [0.05, 0.1) is 6.26 Å². The van der Waals surface area contributed by atoms with Crippen LogP contribution in [0.3, 0.4) is 0 Å². The summed E-state index contributed by atoms with van der Waals surface area (Å²) in [6.07, 6.45) is 2.99. The predicted molar refractivity (Wildman–Crippen MR) is 130 cm³/mol. The monoisotopic (exact) mass is 525 g/mol. The Morgan fingerprint density at radius 2 is 1.57 bits per heavy atom. The molecule has 0 fully saturated rings. The highest BCUT2D eigenvalue weighted by Crippen LogP contribution is 2.12. The molecule has 1 aromatic rings. The van der Waals surface area contributed by atoms with E-state index in [9.17, 15) is 8.42 Å². The summed E-state index contributed by atoms with van der Waals surface area (Å²) in [5.74, 6) is 0.750. The molecule has 0 aliphatic heterocycles. The highest BCUT2D eigenvalue weighted by Gasteiger charge is 2.13. The van der Waals surface area contributed by atoms with Crippen molar-refractivity contribution in [2.75, 3.05) is 57.5 Å². The Morgan fingerprint density at radius 3 is 2.04 bits per heavy atom. The van der Waals surface area contributed by atoms with Crippen LogP contribution < -0.4 is 15.5 Å². The Balaban J connectivity index is 0.00000729. The minimum Gasteiger partial charge on any atom is -0.372 e. The fourth-order valence-corrected chi connectivity index (χ4v) is 3.76. The molecular weight excluding hydrogens is 489 g/mol. The second-order valence-corrected chi connectivity index (χ2v) is 8.29. The van der Waals surface area contributed by atoms with E-state index in [0.29, 0.717) is 19.6 Å². The third-order valence-corrected chi connectivity index (χ3v) is 5.70. The van der Waals surface area contributed by atoms with E-state index in [2.05, 4.69) is 51.7 Å². The van der Waals surface area contributed by atoms with Crippen molar-refractivity contribution in [1.82, 2.24) is 14.9 Å². The molecule has 0 bridgehead atoms. The number of anilines is 1. The topological polar surface area (TPSA) is 77.0 Å². The third-order valence-electron chi connectivity index (χ3n) is 4.32. The van der Waals surface area contributed by atoms with Crippen LogP contribution in [0.25, 0.3) is 0 Å². The first kappa shape index (κ1) is 26.9. The number of hydrogen-bond acceptors (Lipinski definition) is 4. The standard InChI is InChI=1S/C19H35N5O2S.HI/c1-5-23(18-12-8-7-9-13-18)16-10-14-21-19(20-3)22-15-11-17-24(6-2)27(4,25)26;/h7-9,12-13H,5-6,10-11,14-17H2,1-4H3,(H2,20,21,22);1H. The summed E-state index contributed by atoms with van der Waals surface area (Å²) in [6, 6.07) is 10.4. The Morgan fingerprint density at radius 1 is 1.00 bits per heavy atom. The molecule has 162 valence electrons. The second-order valence-electron chi connectivity index (χ2n) is 6.30. The number of aliphatic imine (C=N–C) groups is 1. The van der Waals surface area contributed by atoms with Gasteiger partial charge in [0, 0.05) is 52.0 Å². The zero-order valence-electron chi connectivity index (χ0n) is 17.5. The smallest absolute Gasteiger partial charge is 0.211 e. The molecule has 1 rings (SSSR count). The van der Waals surface area contributed by atoms with Gasteiger partial charge >= 0.3 is 0 Å². The Hall–Kier alpha value is -1.07. The maximum absolute atomic E-state index is 11.6. The van der Waals surface area contributed by atoms with Crippen molar-refractivity contribution in [1.29, 1.82) is 0 Å². The molecule has 0 aliphatic rings. The third kappa shape index (κ3) is 10.5. The van der Waals surface area contributed by atoms with Crippen LogP contribution in [0.15, 0.2) is 35.3 Å². The molecular formula is C19H36IN5O2S. The number of benzene rings is 1. The lowest BCUT2D eigenvalue weighted by Crippen LogP contribution is -2.40. The molecule has 7 nitrogen and oxygen atoms in total. The summed E-state index contributed by atoms with van der Waals surface area (Å²) < 4.78 is 24.6. The molecule has 0 amide bonds. The zero-order chi connectivity index (χ0) is 20.1. The summed E-state index contributed by atoms with van der Waals surface area (Å²) >= 11 is 0. The molecule has 1 aromatic carbocycles. The fraction of sp³-hybridized carbons (Fsp3) is 0.632. The van der Waals surface area contributed by atoms with Gasteiger partial charge in [-0.15, -0.1) is 24.0 Å². The first-order valence-electron chi connectivity index (χ1n) is 9.62. The summed E-state index contributed by atoms with van der Waals surface area (Å²) in [5, 5.41) is 6.55. The highest BCUT2D eigenvalue weighted by molar-refractivity contribution is 14.0. The van der Waals surface area contributed by atoms with E-state index in [4.69, 9.17) is 0 Å². The SMILES string of the molecule is CCN(CCCNC(=NC)NCCCN(CC)S(C)(=O)=O)c1ccccc1.I. The number of hydrogen-bond donors (Lipinski definition) is 2. The molecule has 0 aromatic heterocycles. The largest absolute Gasteiger partial charge is 0.372 e. The van der Waals surface area contributed by atoms with Gasteiger partial charge in [-0.05, 0) is 31.9 Å². The fourth-order valence-electron chi connectivity index (χ4n) is 2.83. The Kier molecular flexibility index (Phi) is 14.3. The quantitative estimate of drug-likeness (QED) is 0.190. The van der Waals surface area contributed by atoms with E-state index < -0.39 is 10.0 Å². The molecule has 0 spiro atoms. The predicted octanol–water partition coefficient (Wildman–Crippen LogP) is 2.36. The minimum atomic E-state index is -3.12. The van der Waals surface area contributed by atoms with Crippen molar-refractivity contribution >= 4 is 45.6 Å². The van der Waals surface area contributed by atoms with Crippen LogP contribution in [-0.4, -0.2) is 71.3 Å². The summed E-state index contributed by atoms with van der Waals surface area (Å²) in [5.41, 5.74) is 1.24. The maximum Gasteiger partial charge on any atom is 0.211 e. The van der Waals surface area contributed by atoms with Gasteiger partial charge < -0.3 is 15.5 Å². The van der Waals surface area contributed by atoms with Gasteiger partial charge in [0.2, 0.25) is 10.0 Å². The molecule has 0 unspecified atom stereocenters. The van der Waals surface area contributed by atoms with Crippen molar-refractivity contribution in [2.45, 2.75) is 26.7 Å². The first-order chi connectivity index (χ1) is 12.9. The molecule has 9 heteroatoms. The van der Waals surface area contributed by atoms with Crippen LogP contribution in [0.2, 0.25) is 0 Å². The molecule has 2 N–H and O–H groups in total. The van der Waals surface area contributed by atoms with Gasteiger partial charge in [0.25, 0.3) is 0 Å². The van der Waals surface area contributed by atoms with Gasteiger partial charge in [0.1, 0.15) is 0 Å². The molecule has 0 heterocycles. The molecule has 0 radical (unpaired) electrons. The highest BCUT2D eigenvalue weighted by atomic mass is 127. The van der Waals surface area contributed by atoms with Crippen LogP contribution >= 0.6 is 24.0 Å². The van der Waals surface area contributed by atoms with E-state index in [0.717, 1.165) is 38.4 Å². The normalized spacial score (nSPS) is 11.8. The lowest BCUT2D eigenvalue weighted by atomic mass is 10.2. The maximum atomic E-state index is 11.6. The number of nitrogens with one attached hydrogen (secondary N) is 2. The Bertz CT molecular complexity index is 656. The number of sulfonamides is 1. The van der Waals surface area contributed by atoms with Crippen molar-refractivity contribution in [2.24, 2.45) is 4.99 Å². The summed E-state index contributed by atoms with van der Waals surface area (Å²) in [6.45, 7) is 8.49.